The molecule has 0 heterocycles. The van der Waals surface area contributed by atoms with Gasteiger partial charge in [0.25, 0.3) is 0 Å². The van der Waals surface area contributed by atoms with Gasteiger partial charge in [0.2, 0.25) is 5.75 Å². The summed E-state index contributed by atoms with van der Waals surface area (Å²) in [4.78, 5) is 23.7. The van der Waals surface area contributed by atoms with E-state index >= 15 is 0 Å². The van der Waals surface area contributed by atoms with E-state index in [4.69, 9.17) is 14.2 Å². The number of anilines is 1. The lowest BCUT2D eigenvalue weighted by molar-refractivity contribution is -0.137. The van der Waals surface area contributed by atoms with Crippen molar-refractivity contribution < 1.29 is 37.0 Å². The van der Waals surface area contributed by atoms with Crippen molar-refractivity contribution in [3.63, 3.8) is 0 Å². The van der Waals surface area contributed by atoms with Gasteiger partial charge >= 0.3 is 18.0 Å². The molecule has 0 atom stereocenters. The van der Waals surface area contributed by atoms with Gasteiger partial charge in [-0.1, -0.05) is 6.07 Å². The van der Waals surface area contributed by atoms with E-state index in [1.165, 1.54) is 33.6 Å². The zero-order chi connectivity index (χ0) is 22.3. The lowest BCUT2D eigenvalue weighted by Crippen LogP contribution is -2.32. The molecule has 0 aliphatic heterocycles. The van der Waals surface area contributed by atoms with E-state index in [2.05, 4.69) is 10.4 Å². The van der Waals surface area contributed by atoms with Gasteiger partial charge in [0.05, 0.1) is 33.1 Å². The Labute approximate surface area is 169 Å². The van der Waals surface area contributed by atoms with Crippen LogP contribution in [0.25, 0.3) is 0 Å². The summed E-state index contributed by atoms with van der Waals surface area (Å²) < 4.78 is 53.7. The molecule has 30 heavy (non-hydrogen) atoms. The average molecular weight is 425 g/mol. The fourth-order valence-corrected chi connectivity index (χ4v) is 2.35. The molecule has 2 rings (SSSR count). The van der Waals surface area contributed by atoms with Gasteiger partial charge in [-0.05, 0) is 30.3 Å². The van der Waals surface area contributed by atoms with Crippen molar-refractivity contribution in [2.24, 2.45) is 5.10 Å². The smallest absolute Gasteiger partial charge is 0.416 e. The number of amides is 2. The molecule has 0 saturated carbocycles. The Morgan fingerprint density at radius 3 is 2.13 bits per heavy atom. The van der Waals surface area contributed by atoms with Gasteiger partial charge in [-0.15, -0.1) is 0 Å². The summed E-state index contributed by atoms with van der Waals surface area (Å²) in [6.45, 7) is 0. The number of benzene rings is 2. The van der Waals surface area contributed by atoms with Gasteiger partial charge in [0.1, 0.15) is 0 Å². The van der Waals surface area contributed by atoms with Crippen LogP contribution in [0.5, 0.6) is 17.2 Å². The molecule has 0 unspecified atom stereocenters. The van der Waals surface area contributed by atoms with Crippen molar-refractivity contribution in [1.29, 1.82) is 0 Å². The second-order valence-electron chi connectivity index (χ2n) is 5.69. The van der Waals surface area contributed by atoms with Gasteiger partial charge in [-0.2, -0.15) is 18.3 Å². The van der Waals surface area contributed by atoms with E-state index in [1.807, 2.05) is 5.43 Å². The highest BCUT2D eigenvalue weighted by Gasteiger charge is 2.30. The van der Waals surface area contributed by atoms with Crippen molar-refractivity contribution in [1.82, 2.24) is 5.43 Å². The standard InChI is InChI=1S/C19H18F3N3O5/c1-28-14-7-11(8-15(29-2)16(14)30-3)10-23-25-18(27)17(26)24-13-6-4-5-12(9-13)19(20,21)22/h4-10H,1-3H3,(H,24,26)(H,25,27). The molecule has 0 saturated heterocycles. The summed E-state index contributed by atoms with van der Waals surface area (Å²) in [6.07, 6.45) is -3.35. The Hall–Kier alpha value is -3.76. The number of carbonyl (C=O) groups is 2. The maximum Gasteiger partial charge on any atom is 0.416 e. The van der Waals surface area contributed by atoms with Crippen LogP contribution in [0.15, 0.2) is 41.5 Å². The number of hydrogen-bond acceptors (Lipinski definition) is 6. The molecule has 0 aliphatic carbocycles. The van der Waals surface area contributed by atoms with Crippen LogP contribution in [0.2, 0.25) is 0 Å². The summed E-state index contributed by atoms with van der Waals surface area (Å²) in [5, 5.41) is 5.72. The third kappa shape index (κ3) is 5.63. The minimum Gasteiger partial charge on any atom is -0.493 e. The summed E-state index contributed by atoms with van der Waals surface area (Å²) in [6, 6.07) is 7.00. The third-order valence-corrected chi connectivity index (χ3v) is 3.72. The third-order valence-electron chi connectivity index (χ3n) is 3.72. The molecule has 0 fully saturated rings. The van der Waals surface area contributed by atoms with Crippen LogP contribution in [0.3, 0.4) is 0 Å². The van der Waals surface area contributed by atoms with E-state index in [0.717, 1.165) is 12.1 Å². The Bertz CT molecular complexity index is 936. The molecule has 160 valence electrons. The highest BCUT2D eigenvalue weighted by molar-refractivity contribution is 6.39. The summed E-state index contributed by atoms with van der Waals surface area (Å²) in [5.74, 6) is -1.28. The molecular weight excluding hydrogens is 407 g/mol. The topological polar surface area (TPSA) is 98.2 Å². The number of halogens is 3. The lowest BCUT2D eigenvalue weighted by atomic mass is 10.2. The molecule has 0 spiro atoms. The first-order valence-corrected chi connectivity index (χ1v) is 8.31. The van der Waals surface area contributed by atoms with Crippen molar-refractivity contribution >= 4 is 23.7 Å². The van der Waals surface area contributed by atoms with E-state index in [9.17, 15) is 22.8 Å². The first-order chi connectivity index (χ1) is 14.2. The van der Waals surface area contributed by atoms with Crippen LogP contribution in [0.1, 0.15) is 11.1 Å². The number of nitrogens with zero attached hydrogens (tertiary/aromatic N) is 1. The number of methoxy groups -OCH3 is 3. The predicted octanol–water partition coefficient (Wildman–Crippen LogP) is 2.82. The number of nitrogens with one attached hydrogen (secondary N) is 2. The van der Waals surface area contributed by atoms with Crippen molar-refractivity contribution in [3.05, 3.63) is 47.5 Å². The summed E-state index contributed by atoms with van der Waals surface area (Å²) in [7, 11) is 4.30. The van der Waals surface area contributed by atoms with Crippen molar-refractivity contribution in [3.8, 4) is 17.2 Å². The number of alkyl halides is 3. The maximum absolute atomic E-state index is 12.7. The van der Waals surface area contributed by atoms with Crippen LogP contribution in [-0.4, -0.2) is 39.4 Å². The molecule has 0 aromatic heterocycles. The largest absolute Gasteiger partial charge is 0.493 e. The first kappa shape index (κ1) is 22.5. The minimum atomic E-state index is -4.58. The first-order valence-electron chi connectivity index (χ1n) is 8.31. The monoisotopic (exact) mass is 425 g/mol. The summed E-state index contributed by atoms with van der Waals surface area (Å²) in [5.41, 5.74) is 1.30. The second kappa shape index (κ2) is 9.63. The molecule has 11 heteroatoms. The molecule has 2 N–H and O–H groups in total. The molecule has 0 bridgehead atoms. The molecule has 0 aliphatic rings. The number of hydrazone groups is 1. The number of rotatable bonds is 6. The van der Waals surface area contributed by atoms with Crippen LogP contribution in [-0.2, 0) is 15.8 Å². The fourth-order valence-electron chi connectivity index (χ4n) is 2.35. The number of ether oxygens (including phenoxy) is 3. The Morgan fingerprint density at radius 2 is 1.60 bits per heavy atom. The zero-order valence-corrected chi connectivity index (χ0v) is 16.2. The molecule has 2 aromatic carbocycles. The van der Waals surface area contributed by atoms with Gasteiger partial charge < -0.3 is 19.5 Å². The maximum atomic E-state index is 12.7. The van der Waals surface area contributed by atoms with Gasteiger partial charge in [-0.3, -0.25) is 9.59 Å². The number of hydrogen-bond donors (Lipinski definition) is 2. The highest BCUT2D eigenvalue weighted by atomic mass is 19.4. The van der Waals surface area contributed by atoms with E-state index in [0.29, 0.717) is 28.9 Å². The van der Waals surface area contributed by atoms with Crippen LogP contribution < -0.4 is 25.0 Å². The Kier molecular flexibility index (Phi) is 7.23. The van der Waals surface area contributed by atoms with Gasteiger partial charge in [0, 0.05) is 11.3 Å². The molecule has 0 radical (unpaired) electrons. The molecular formula is C19H18F3N3O5. The quantitative estimate of drug-likeness (QED) is 0.421. The molecule has 2 aromatic rings. The van der Waals surface area contributed by atoms with E-state index in [-0.39, 0.29) is 5.69 Å². The van der Waals surface area contributed by atoms with Crippen LogP contribution >= 0.6 is 0 Å². The highest BCUT2D eigenvalue weighted by Crippen LogP contribution is 2.37. The minimum absolute atomic E-state index is 0.182. The van der Waals surface area contributed by atoms with E-state index < -0.39 is 23.6 Å². The summed E-state index contributed by atoms with van der Waals surface area (Å²) >= 11 is 0. The Balaban J connectivity index is 2.05. The fraction of sp³-hybridized carbons (Fsp3) is 0.211. The lowest BCUT2D eigenvalue weighted by Gasteiger charge is -2.12. The van der Waals surface area contributed by atoms with Gasteiger partial charge in [0.15, 0.2) is 11.5 Å². The van der Waals surface area contributed by atoms with Crippen molar-refractivity contribution in [2.75, 3.05) is 26.6 Å². The molecule has 2 amide bonds. The zero-order valence-electron chi connectivity index (χ0n) is 16.2. The number of carbonyl (C=O) groups excluding carboxylic acids is 2. The van der Waals surface area contributed by atoms with E-state index in [1.54, 1.807) is 12.1 Å². The van der Waals surface area contributed by atoms with Gasteiger partial charge in [-0.25, -0.2) is 5.43 Å². The average Bonchev–Trinajstić information content (AvgIpc) is 2.72. The van der Waals surface area contributed by atoms with Crippen LogP contribution in [0.4, 0.5) is 18.9 Å². The molecule has 8 nitrogen and oxygen atoms in total. The Morgan fingerprint density at radius 1 is 0.967 bits per heavy atom. The second-order valence-corrected chi connectivity index (χ2v) is 5.69. The van der Waals surface area contributed by atoms with Crippen molar-refractivity contribution in [2.45, 2.75) is 6.18 Å². The normalized spacial score (nSPS) is 11.1. The van der Waals surface area contributed by atoms with Crippen LogP contribution in [0, 0.1) is 0 Å². The predicted molar refractivity (Wildman–Crippen MR) is 102 cm³/mol. The SMILES string of the molecule is COc1cc(C=NNC(=O)C(=O)Nc2cccc(C(F)(F)F)c2)cc(OC)c1OC.